The Labute approximate surface area is 205 Å². The van der Waals surface area contributed by atoms with Gasteiger partial charge in [-0.2, -0.15) is 5.26 Å². The van der Waals surface area contributed by atoms with Gasteiger partial charge in [-0.3, -0.25) is 14.9 Å². The Kier molecular flexibility index (Phi) is 7.83. The van der Waals surface area contributed by atoms with Crippen LogP contribution in [0.2, 0.25) is 0 Å². The second kappa shape index (κ2) is 11.2. The molecule has 9 heteroatoms. The number of piperazine rings is 1. The largest absolute Gasteiger partial charge is 0.381 e. The topological polar surface area (TPSA) is 112 Å². The van der Waals surface area contributed by atoms with E-state index in [0.29, 0.717) is 18.8 Å². The van der Waals surface area contributed by atoms with Gasteiger partial charge in [0, 0.05) is 50.0 Å². The van der Waals surface area contributed by atoms with Crippen molar-refractivity contribution < 1.29 is 14.5 Å². The number of benzene rings is 2. The van der Waals surface area contributed by atoms with Crippen molar-refractivity contribution in [2.45, 2.75) is 44.8 Å². The van der Waals surface area contributed by atoms with E-state index >= 15 is 0 Å². The average Bonchev–Trinajstić information content (AvgIpc) is 2.88. The summed E-state index contributed by atoms with van der Waals surface area (Å²) in [5.74, 6) is 0.0401. The normalized spacial score (nSPS) is 20.2. The van der Waals surface area contributed by atoms with Gasteiger partial charge >= 0.3 is 0 Å². The number of carbonyl (C=O) groups is 1. The van der Waals surface area contributed by atoms with Crippen molar-refractivity contribution in [2.75, 3.05) is 43.0 Å². The van der Waals surface area contributed by atoms with Crippen LogP contribution in [0.3, 0.4) is 0 Å². The summed E-state index contributed by atoms with van der Waals surface area (Å²) in [6.45, 7) is 5.21. The Bertz CT molecular complexity index is 1080. The number of nitro benzene ring substituents is 1. The zero-order valence-electron chi connectivity index (χ0n) is 20.0. The van der Waals surface area contributed by atoms with Crippen LogP contribution in [0.25, 0.3) is 0 Å². The molecule has 0 radical (unpaired) electrons. The molecule has 1 saturated heterocycles. The zero-order valence-corrected chi connectivity index (χ0v) is 20.0. The molecule has 0 unspecified atom stereocenters. The Balaban J connectivity index is 1.18. The lowest BCUT2D eigenvalue weighted by atomic mass is 9.92. The minimum atomic E-state index is -0.502. The van der Waals surface area contributed by atoms with Gasteiger partial charge in [0.1, 0.15) is 12.7 Å². The van der Waals surface area contributed by atoms with Crippen LogP contribution in [0.4, 0.5) is 17.1 Å². The molecule has 1 amide bonds. The standard InChI is InChI=1S/C26H31N5O4/c1-19-2-6-22(7-3-19)29-12-14-30(15-13-29)26(32)18-35-24-9-4-21(5-10-24)28-25-11-8-23(31(33)34)16-20(25)17-27/h2-3,6-8,11,16,21,24,28H,4-5,9-10,12-15,18H2,1H3/t21-,24-. The number of rotatable bonds is 7. The van der Waals surface area contributed by atoms with Crippen molar-refractivity contribution in [2.24, 2.45) is 0 Å². The van der Waals surface area contributed by atoms with Gasteiger partial charge in [-0.05, 0) is 50.8 Å². The monoisotopic (exact) mass is 477 g/mol. The summed E-state index contributed by atoms with van der Waals surface area (Å²) >= 11 is 0. The molecule has 35 heavy (non-hydrogen) atoms. The molecule has 9 nitrogen and oxygen atoms in total. The fourth-order valence-corrected chi connectivity index (χ4v) is 4.71. The number of nitrogens with zero attached hydrogens (tertiary/aromatic N) is 4. The summed E-state index contributed by atoms with van der Waals surface area (Å²) in [5, 5.41) is 23.6. The second-order valence-corrected chi connectivity index (χ2v) is 9.23. The summed E-state index contributed by atoms with van der Waals surface area (Å²) < 4.78 is 5.95. The molecule has 0 atom stereocenters. The van der Waals surface area contributed by atoms with Gasteiger partial charge in [-0.1, -0.05) is 17.7 Å². The van der Waals surface area contributed by atoms with Gasteiger partial charge in [-0.25, -0.2) is 0 Å². The molecule has 2 fully saturated rings. The predicted molar refractivity (Wildman–Crippen MR) is 133 cm³/mol. The zero-order chi connectivity index (χ0) is 24.8. The molecule has 0 bridgehead atoms. The molecular weight excluding hydrogens is 446 g/mol. The van der Waals surface area contributed by atoms with E-state index in [-0.39, 0.29) is 35.9 Å². The third-order valence-electron chi connectivity index (χ3n) is 6.84. The summed E-state index contributed by atoms with van der Waals surface area (Å²) in [6.07, 6.45) is 3.37. The van der Waals surface area contributed by atoms with Crippen molar-refractivity contribution in [1.29, 1.82) is 5.26 Å². The van der Waals surface area contributed by atoms with Gasteiger partial charge in [0.15, 0.2) is 0 Å². The van der Waals surface area contributed by atoms with Crippen molar-refractivity contribution in [3.8, 4) is 6.07 Å². The van der Waals surface area contributed by atoms with Crippen molar-refractivity contribution in [1.82, 2.24) is 4.90 Å². The SMILES string of the molecule is Cc1ccc(N2CCN(C(=O)CO[C@H]3CC[C@H](Nc4ccc([N+](=O)[O-])cc4C#N)CC3)CC2)cc1. The Hall–Kier alpha value is -3.64. The number of amides is 1. The van der Waals surface area contributed by atoms with Crippen LogP contribution in [0.1, 0.15) is 36.8 Å². The van der Waals surface area contributed by atoms with Crippen LogP contribution in [-0.4, -0.2) is 60.7 Å². The molecule has 1 heterocycles. The number of nitrogens with one attached hydrogen (secondary N) is 1. The van der Waals surface area contributed by atoms with Crippen molar-refractivity contribution >= 4 is 23.0 Å². The van der Waals surface area contributed by atoms with E-state index in [0.717, 1.165) is 38.8 Å². The Morgan fingerprint density at radius 1 is 1.11 bits per heavy atom. The smallest absolute Gasteiger partial charge is 0.270 e. The fraction of sp³-hybridized carbons (Fsp3) is 0.462. The van der Waals surface area contributed by atoms with Crippen LogP contribution in [-0.2, 0) is 9.53 Å². The number of non-ortho nitro benzene ring substituents is 1. The van der Waals surface area contributed by atoms with Gasteiger partial charge in [0.2, 0.25) is 5.91 Å². The lowest BCUT2D eigenvalue weighted by Gasteiger charge is -2.36. The molecule has 2 aromatic rings. The van der Waals surface area contributed by atoms with Crippen LogP contribution in [0.5, 0.6) is 0 Å². The molecule has 0 spiro atoms. The quantitative estimate of drug-likeness (QED) is 0.476. The van der Waals surface area contributed by atoms with Gasteiger partial charge in [0.05, 0.1) is 22.3 Å². The Morgan fingerprint density at radius 3 is 2.43 bits per heavy atom. The number of nitriles is 1. The summed E-state index contributed by atoms with van der Waals surface area (Å²) in [4.78, 5) is 27.3. The molecule has 0 aromatic heterocycles. The average molecular weight is 478 g/mol. The molecule has 1 aliphatic heterocycles. The van der Waals surface area contributed by atoms with E-state index in [4.69, 9.17) is 4.74 Å². The first kappa shape index (κ1) is 24.5. The third kappa shape index (κ3) is 6.28. The molecule has 184 valence electrons. The highest BCUT2D eigenvalue weighted by Gasteiger charge is 2.26. The highest BCUT2D eigenvalue weighted by molar-refractivity contribution is 5.77. The van der Waals surface area contributed by atoms with E-state index in [1.54, 1.807) is 6.07 Å². The highest BCUT2D eigenvalue weighted by atomic mass is 16.6. The second-order valence-electron chi connectivity index (χ2n) is 9.23. The molecule has 2 aromatic carbocycles. The molecule has 1 N–H and O–H groups in total. The molecule has 1 aliphatic carbocycles. The lowest BCUT2D eigenvalue weighted by Crippen LogP contribution is -2.50. The fourth-order valence-electron chi connectivity index (χ4n) is 4.71. The van der Waals surface area contributed by atoms with Crippen LogP contribution < -0.4 is 10.2 Å². The van der Waals surface area contributed by atoms with E-state index in [9.17, 15) is 20.2 Å². The van der Waals surface area contributed by atoms with Crippen LogP contribution in [0.15, 0.2) is 42.5 Å². The van der Waals surface area contributed by atoms with E-state index in [1.807, 2.05) is 11.0 Å². The first-order valence-electron chi connectivity index (χ1n) is 12.1. The van der Waals surface area contributed by atoms with E-state index in [2.05, 4.69) is 41.4 Å². The van der Waals surface area contributed by atoms with E-state index in [1.165, 1.54) is 23.4 Å². The van der Waals surface area contributed by atoms with Crippen LogP contribution in [0, 0.1) is 28.4 Å². The summed E-state index contributed by atoms with van der Waals surface area (Å²) in [7, 11) is 0. The third-order valence-corrected chi connectivity index (χ3v) is 6.84. The number of hydrogen-bond acceptors (Lipinski definition) is 7. The summed E-state index contributed by atoms with van der Waals surface area (Å²) in [6, 6.07) is 15.0. The van der Waals surface area contributed by atoms with Crippen molar-refractivity contribution in [3.05, 3.63) is 63.7 Å². The minimum Gasteiger partial charge on any atom is -0.381 e. The van der Waals surface area contributed by atoms with Gasteiger partial charge in [-0.15, -0.1) is 0 Å². The maximum Gasteiger partial charge on any atom is 0.270 e. The van der Waals surface area contributed by atoms with E-state index < -0.39 is 4.92 Å². The minimum absolute atomic E-state index is 0.0399. The van der Waals surface area contributed by atoms with Gasteiger partial charge < -0.3 is 19.9 Å². The number of carbonyl (C=O) groups excluding carboxylic acids is 1. The maximum atomic E-state index is 12.7. The highest BCUT2D eigenvalue weighted by Crippen LogP contribution is 2.27. The first-order valence-corrected chi connectivity index (χ1v) is 12.1. The molecular formula is C26H31N5O4. The number of nitro groups is 1. The molecule has 2 aliphatic rings. The molecule has 4 rings (SSSR count). The number of anilines is 2. The van der Waals surface area contributed by atoms with Gasteiger partial charge in [0.25, 0.3) is 5.69 Å². The number of ether oxygens (including phenoxy) is 1. The summed E-state index contributed by atoms with van der Waals surface area (Å²) in [5.41, 5.74) is 3.22. The first-order chi connectivity index (χ1) is 16.9. The lowest BCUT2D eigenvalue weighted by molar-refractivity contribution is -0.384. The number of hydrogen-bond donors (Lipinski definition) is 1. The van der Waals surface area contributed by atoms with Crippen molar-refractivity contribution in [3.63, 3.8) is 0 Å². The molecule has 1 saturated carbocycles. The number of aryl methyl sites for hydroxylation is 1. The predicted octanol–water partition coefficient (Wildman–Crippen LogP) is 3.86. The van der Waals surface area contributed by atoms with Crippen LogP contribution >= 0.6 is 0 Å². The maximum absolute atomic E-state index is 12.7. The Morgan fingerprint density at radius 2 is 1.80 bits per heavy atom.